The van der Waals surface area contributed by atoms with Crippen LogP contribution >= 0.6 is 23.1 Å². The Labute approximate surface area is 189 Å². The van der Waals surface area contributed by atoms with Crippen molar-refractivity contribution in [2.45, 2.75) is 68.8 Å². The second-order valence-corrected chi connectivity index (χ2v) is 10.4. The van der Waals surface area contributed by atoms with Crippen LogP contribution in [0.5, 0.6) is 0 Å². The minimum absolute atomic E-state index is 0.0186. The van der Waals surface area contributed by atoms with Crippen LogP contribution in [0.25, 0.3) is 20.3 Å². The van der Waals surface area contributed by atoms with E-state index in [1.54, 1.807) is 4.57 Å². The summed E-state index contributed by atoms with van der Waals surface area (Å²) in [7, 11) is 0. The molecule has 0 radical (unpaired) electrons. The van der Waals surface area contributed by atoms with Gasteiger partial charge in [-0.2, -0.15) is 0 Å². The van der Waals surface area contributed by atoms with Crippen molar-refractivity contribution in [3.05, 3.63) is 34.6 Å². The molecule has 31 heavy (non-hydrogen) atoms. The first-order chi connectivity index (χ1) is 15.2. The van der Waals surface area contributed by atoms with Gasteiger partial charge in [0, 0.05) is 22.7 Å². The van der Waals surface area contributed by atoms with Gasteiger partial charge in [0.2, 0.25) is 5.91 Å². The number of rotatable bonds is 6. The number of aromatic nitrogens is 2. The third kappa shape index (κ3) is 4.52. The second kappa shape index (κ2) is 9.30. The van der Waals surface area contributed by atoms with Crippen LogP contribution in [0.1, 0.15) is 44.9 Å². The third-order valence-corrected chi connectivity index (χ3v) is 8.28. The molecule has 2 aromatic heterocycles. The monoisotopic (exact) mass is 457 g/mol. The molecule has 3 aromatic rings. The maximum Gasteiger partial charge on any atom is 0.272 e. The Bertz CT molecular complexity index is 1140. The van der Waals surface area contributed by atoms with Crippen LogP contribution in [0.4, 0.5) is 0 Å². The normalized spacial score (nSPS) is 19.9. The molecule has 6 nitrogen and oxygen atoms in total. The summed E-state index contributed by atoms with van der Waals surface area (Å²) in [5.74, 6) is 0.285. The Balaban J connectivity index is 1.44. The van der Waals surface area contributed by atoms with E-state index in [0.29, 0.717) is 16.4 Å². The zero-order valence-corrected chi connectivity index (χ0v) is 19.1. The van der Waals surface area contributed by atoms with E-state index in [1.807, 2.05) is 24.3 Å². The number of thioether (sulfide) groups is 1. The highest BCUT2D eigenvalue weighted by molar-refractivity contribution is 7.99. The number of benzene rings is 1. The van der Waals surface area contributed by atoms with Crippen LogP contribution in [-0.4, -0.2) is 40.0 Å². The van der Waals surface area contributed by atoms with E-state index in [-0.39, 0.29) is 29.4 Å². The van der Waals surface area contributed by atoms with Crippen LogP contribution in [-0.2, 0) is 16.1 Å². The summed E-state index contributed by atoms with van der Waals surface area (Å²) >= 11 is 2.85. The first-order valence-electron chi connectivity index (χ1n) is 11.1. The summed E-state index contributed by atoms with van der Waals surface area (Å²) in [5.41, 5.74) is 0.710. The predicted molar refractivity (Wildman–Crippen MR) is 126 cm³/mol. The minimum Gasteiger partial charge on any atom is -0.376 e. The number of nitrogens with one attached hydrogen (secondary N) is 1. The standard InChI is InChI=1S/C23H27N3O3S2/c27-19(24-15-7-2-1-3-8-15)14-30-23-25-20-17-10-4-5-11-18(17)31-21(20)22(28)26(23)13-16-9-6-12-29-16/h4-5,10-11,15-16H,1-3,6-9,12-14H2,(H,24,27)/t16-/m0/s1. The van der Waals surface area contributed by atoms with E-state index in [9.17, 15) is 9.59 Å². The molecule has 2 aliphatic rings. The van der Waals surface area contributed by atoms with Crippen molar-refractivity contribution in [3.8, 4) is 0 Å². The largest absolute Gasteiger partial charge is 0.376 e. The van der Waals surface area contributed by atoms with Crippen molar-refractivity contribution >= 4 is 49.3 Å². The zero-order chi connectivity index (χ0) is 21.2. The molecule has 1 aliphatic carbocycles. The average molecular weight is 458 g/mol. The van der Waals surface area contributed by atoms with Gasteiger partial charge >= 0.3 is 0 Å². The topological polar surface area (TPSA) is 73.2 Å². The SMILES string of the molecule is O=C(CSc1nc2c(sc3ccccc32)c(=O)n1C[C@@H]1CCCO1)NC1CCCCC1. The smallest absolute Gasteiger partial charge is 0.272 e. The van der Waals surface area contributed by atoms with E-state index in [4.69, 9.17) is 9.72 Å². The second-order valence-electron chi connectivity index (χ2n) is 8.41. The minimum atomic E-state index is -0.0307. The van der Waals surface area contributed by atoms with E-state index in [0.717, 1.165) is 47.9 Å². The molecule has 1 saturated heterocycles. The van der Waals surface area contributed by atoms with Gasteiger partial charge in [0.25, 0.3) is 5.56 Å². The summed E-state index contributed by atoms with van der Waals surface area (Å²) in [6.45, 7) is 1.23. The van der Waals surface area contributed by atoms with Gasteiger partial charge in [-0.05, 0) is 31.7 Å². The van der Waals surface area contributed by atoms with Gasteiger partial charge in [-0.1, -0.05) is 49.2 Å². The van der Waals surface area contributed by atoms with Gasteiger partial charge in [0.05, 0.1) is 23.9 Å². The molecular formula is C23H27N3O3S2. The number of carbonyl (C=O) groups excluding carboxylic acids is 1. The van der Waals surface area contributed by atoms with Gasteiger partial charge < -0.3 is 10.1 Å². The van der Waals surface area contributed by atoms with Crippen molar-refractivity contribution < 1.29 is 9.53 Å². The van der Waals surface area contributed by atoms with Crippen LogP contribution < -0.4 is 10.9 Å². The van der Waals surface area contributed by atoms with Gasteiger partial charge in [0.1, 0.15) is 4.70 Å². The van der Waals surface area contributed by atoms with E-state index >= 15 is 0 Å². The van der Waals surface area contributed by atoms with E-state index < -0.39 is 0 Å². The maximum absolute atomic E-state index is 13.4. The molecule has 1 aliphatic heterocycles. The van der Waals surface area contributed by atoms with Crippen molar-refractivity contribution in [1.29, 1.82) is 0 Å². The number of amides is 1. The highest BCUT2D eigenvalue weighted by atomic mass is 32.2. The maximum atomic E-state index is 13.4. The predicted octanol–water partition coefficient (Wildman–Crippen LogP) is 4.33. The highest BCUT2D eigenvalue weighted by Gasteiger charge is 2.23. The lowest BCUT2D eigenvalue weighted by Gasteiger charge is -2.22. The van der Waals surface area contributed by atoms with Crippen LogP contribution in [0.3, 0.4) is 0 Å². The molecule has 3 heterocycles. The van der Waals surface area contributed by atoms with Crippen molar-refractivity contribution in [1.82, 2.24) is 14.9 Å². The molecule has 8 heteroatoms. The molecule has 2 fully saturated rings. The lowest BCUT2D eigenvalue weighted by Crippen LogP contribution is -2.37. The van der Waals surface area contributed by atoms with Crippen molar-refractivity contribution in [2.75, 3.05) is 12.4 Å². The number of fused-ring (bicyclic) bond motifs is 3. The number of hydrogen-bond donors (Lipinski definition) is 1. The van der Waals surface area contributed by atoms with Crippen LogP contribution in [0.2, 0.25) is 0 Å². The fourth-order valence-corrected chi connectivity index (χ4v) is 6.47. The summed E-state index contributed by atoms with van der Waals surface area (Å²) in [5, 5.41) is 4.76. The molecule has 1 amide bonds. The molecule has 5 rings (SSSR count). The molecule has 1 N–H and O–H groups in total. The number of nitrogens with zero attached hydrogens (tertiary/aromatic N) is 2. The molecule has 1 saturated carbocycles. The lowest BCUT2D eigenvalue weighted by atomic mass is 9.95. The Kier molecular flexibility index (Phi) is 6.29. The Morgan fingerprint density at radius 2 is 2.03 bits per heavy atom. The molecular weight excluding hydrogens is 430 g/mol. The van der Waals surface area contributed by atoms with Crippen molar-refractivity contribution in [3.63, 3.8) is 0 Å². The van der Waals surface area contributed by atoms with Gasteiger partial charge in [0.15, 0.2) is 5.16 Å². The summed E-state index contributed by atoms with van der Waals surface area (Å²) < 4.78 is 9.25. The quantitative estimate of drug-likeness (QED) is 0.441. The Morgan fingerprint density at radius 3 is 2.84 bits per heavy atom. The fourth-order valence-electron chi connectivity index (χ4n) is 4.56. The van der Waals surface area contributed by atoms with Crippen LogP contribution in [0.15, 0.2) is 34.2 Å². The van der Waals surface area contributed by atoms with E-state index in [1.165, 1.54) is 42.4 Å². The molecule has 0 spiro atoms. The number of thiophene rings is 1. The highest BCUT2D eigenvalue weighted by Crippen LogP contribution is 2.32. The van der Waals surface area contributed by atoms with E-state index in [2.05, 4.69) is 5.32 Å². The summed E-state index contributed by atoms with van der Waals surface area (Å²) in [6.07, 6.45) is 7.74. The third-order valence-electron chi connectivity index (χ3n) is 6.16. The summed E-state index contributed by atoms with van der Waals surface area (Å²) in [4.78, 5) is 30.9. The Morgan fingerprint density at radius 1 is 1.19 bits per heavy atom. The average Bonchev–Trinajstić information content (AvgIpc) is 3.43. The van der Waals surface area contributed by atoms with Crippen molar-refractivity contribution in [2.24, 2.45) is 0 Å². The molecule has 1 aromatic carbocycles. The van der Waals surface area contributed by atoms with Gasteiger partial charge in [-0.25, -0.2) is 4.98 Å². The number of hydrogen-bond acceptors (Lipinski definition) is 6. The number of carbonyl (C=O) groups is 1. The lowest BCUT2D eigenvalue weighted by molar-refractivity contribution is -0.119. The van der Waals surface area contributed by atoms with Gasteiger partial charge in [-0.15, -0.1) is 11.3 Å². The molecule has 0 unspecified atom stereocenters. The van der Waals surface area contributed by atoms with Gasteiger partial charge in [-0.3, -0.25) is 14.2 Å². The summed E-state index contributed by atoms with van der Waals surface area (Å²) in [6, 6.07) is 8.27. The Hall–Kier alpha value is -1.90. The molecule has 164 valence electrons. The number of ether oxygens (including phenoxy) is 1. The zero-order valence-electron chi connectivity index (χ0n) is 17.5. The first kappa shape index (κ1) is 21.0. The van der Waals surface area contributed by atoms with Crippen LogP contribution in [0, 0.1) is 0 Å². The fraction of sp³-hybridized carbons (Fsp3) is 0.522. The molecule has 1 atom stereocenters. The molecule has 0 bridgehead atoms. The first-order valence-corrected chi connectivity index (χ1v) is 12.9.